The number of hydrogen-bond acceptors (Lipinski definition) is 8. The van der Waals surface area contributed by atoms with Crippen molar-refractivity contribution < 1.29 is 4.79 Å². The number of rotatable bonds is 5. The van der Waals surface area contributed by atoms with Gasteiger partial charge in [-0.05, 0) is 31.7 Å². The summed E-state index contributed by atoms with van der Waals surface area (Å²) in [6.07, 6.45) is 6.05. The van der Waals surface area contributed by atoms with Crippen LogP contribution in [0.4, 0.5) is 23.3 Å². The molecule has 4 heterocycles. The third-order valence-corrected chi connectivity index (χ3v) is 5.12. The Hall–Kier alpha value is -3.00. The zero-order chi connectivity index (χ0) is 19.5. The standard InChI is InChI=1S/C20H25N7O/c1-3-15-12-17(28)14-27(15)19-6-7-21-20(24-19)23-18-5-4-16(13-22-18)26-10-8-25(2)9-11-26/h4-7,12-13H,3,8-11,14H2,1-2H3,(H,21,22,23,24). The van der Waals surface area contributed by atoms with Gasteiger partial charge < -0.3 is 20.0 Å². The molecule has 2 aromatic rings. The van der Waals surface area contributed by atoms with Crippen LogP contribution in [0.5, 0.6) is 0 Å². The fraction of sp³-hybridized carbons (Fsp3) is 0.400. The fourth-order valence-electron chi connectivity index (χ4n) is 3.47. The quantitative estimate of drug-likeness (QED) is 0.846. The number of carbonyl (C=O) groups excluding carboxylic acids is 1. The Bertz CT molecular complexity index is 872. The lowest BCUT2D eigenvalue weighted by Gasteiger charge is -2.33. The highest BCUT2D eigenvalue weighted by Crippen LogP contribution is 2.24. The van der Waals surface area contributed by atoms with Gasteiger partial charge in [-0.1, -0.05) is 6.92 Å². The van der Waals surface area contributed by atoms with Crippen LogP contribution in [0.15, 0.2) is 42.4 Å². The van der Waals surface area contributed by atoms with E-state index in [0.717, 1.165) is 44.0 Å². The van der Waals surface area contributed by atoms with E-state index < -0.39 is 0 Å². The van der Waals surface area contributed by atoms with E-state index in [-0.39, 0.29) is 5.78 Å². The molecule has 2 aromatic heterocycles. The van der Waals surface area contributed by atoms with Crippen molar-refractivity contribution in [3.63, 3.8) is 0 Å². The number of allylic oxidation sites excluding steroid dienone is 1. The summed E-state index contributed by atoms with van der Waals surface area (Å²) in [5.41, 5.74) is 2.10. The van der Waals surface area contributed by atoms with Gasteiger partial charge in [0.15, 0.2) is 5.78 Å². The predicted molar refractivity (Wildman–Crippen MR) is 110 cm³/mol. The van der Waals surface area contributed by atoms with Crippen molar-refractivity contribution in [2.75, 3.05) is 54.9 Å². The van der Waals surface area contributed by atoms with Gasteiger partial charge in [0.1, 0.15) is 11.6 Å². The molecule has 0 saturated carbocycles. The lowest BCUT2D eigenvalue weighted by Crippen LogP contribution is -2.44. The normalized spacial score (nSPS) is 17.8. The summed E-state index contributed by atoms with van der Waals surface area (Å²) < 4.78 is 0. The number of anilines is 4. The van der Waals surface area contributed by atoms with Gasteiger partial charge in [0.05, 0.1) is 18.4 Å². The van der Waals surface area contributed by atoms with Crippen LogP contribution in [0, 0.1) is 0 Å². The van der Waals surface area contributed by atoms with Gasteiger partial charge in [0.2, 0.25) is 5.95 Å². The third kappa shape index (κ3) is 3.96. The van der Waals surface area contributed by atoms with Crippen LogP contribution >= 0.6 is 0 Å². The van der Waals surface area contributed by atoms with Gasteiger partial charge >= 0.3 is 0 Å². The van der Waals surface area contributed by atoms with Crippen molar-refractivity contribution in [3.05, 3.63) is 42.4 Å². The molecule has 8 nitrogen and oxygen atoms in total. The molecule has 28 heavy (non-hydrogen) atoms. The lowest BCUT2D eigenvalue weighted by molar-refractivity contribution is -0.112. The fourth-order valence-corrected chi connectivity index (χ4v) is 3.47. The molecule has 0 atom stereocenters. The third-order valence-electron chi connectivity index (χ3n) is 5.12. The molecular formula is C20H25N7O. The highest BCUT2D eigenvalue weighted by Gasteiger charge is 2.22. The zero-order valence-electron chi connectivity index (χ0n) is 16.3. The molecule has 0 spiro atoms. The summed E-state index contributed by atoms with van der Waals surface area (Å²) in [5, 5.41) is 3.16. The number of nitrogens with zero attached hydrogens (tertiary/aromatic N) is 6. The second-order valence-electron chi connectivity index (χ2n) is 7.10. The highest BCUT2D eigenvalue weighted by molar-refractivity contribution is 5.98. The first-order valence-corrected chi connectivity index (χ1v) is 9.63. The summed E-state index contributed by atoms with van der Waals surface area (Å²) in [5.74, 6) is 1.97. The van der Waals surface area contributed by atoms with Crippen LogP contribution < -0.4 is 15.1 Å². The summed E-state index contributed by atoms with van der Waals surface area (Å²) in [6, 6.07) is 5.83. The topological polar surface area (TPSA) is 77.5 Å². The van der Waals surface area contributed by atoms with Gasteiger partial charge in [0.25, 0.3) is 0 Å². The monoisotopic (exact) mass is 379 g/mol. The molecule has 0 radical (unpaired) electrons. The number of nitrogens with one attached hydrogen (secondary N) is 1. The van der Waals surface area contributed by atoms with E-state index in [4.69, 9.17) is 0 Å². The van der Waals surface area contributed by atoms with Gasteiger partial charge in [-0.15, -0.1) is 0 Å². The first kappa shape index (κ1) is 18.4. The summed E-state index contributed by atoms with van der Waals surface area (Å²) in [4.78, 5) is 31.7. The zero-order valence-corrected chi connectivity index (χ0v) is 16.3. The Morgan fingerprint density at radius 1 is 1.11 bits per heavy atom. The van der Waals surface area contributed by atoms with E-state index in [1.807, 2.05) is 30.2 Å². The summed E-state index contributed by atoms with van der Waals surface area (Å²) >= 11 is 0. The van der Waals surface area contributed by atoms with E-state index in [1.54, 1.807) is 12.3 Å². The number of carbonyl (C=O) groups is 1. The number of pyridine rings is 1. The summed E-state index contributed by atoms with van der Waals surface area (Å²) in [7, 11) is 2.15. The molecule has 0 aromatic carbocycles. The molecular weight excluding hydrogens is 354 g/mol. The number of hydrogen-bond donors (Lipinski definition) is 1. The molecule has 2 aliphatic heterocycles. The number of aromatic nitrogens is 3. The highest BCUT2D eigenvalue weighted by atomic mass is 16.1. The SMILES string of the molecule is CCC1=CC(=O)CN1c1ccnc(Nc2ccc(N3CCN(C)CC3)cn2)n1. The maximum Gasteiger partial charge on any atom is 0.230 e. The maximum absolute atomic E-state index is 11.8. The molecule has 2 aliphatic rings. The molecule has 1 fully saturated rings. The second-order valence-corrected chi connectivity index (χ2v) is 7.10. The van der Waals surface area contributed by atoms with Gasteiger partial charge in [-0.2, -0.15) is 4.98 Å². The van der Waals surface area contributed by atoms with Crippen molar-refractivity contribution >= 4 is 29.1 Å². The van der Waals surface area contributed by atoms with Crippen molar-refractivity contribution in [2.45, 2.75) is 13.3 Å². The van der Waals surface area contributed by atoms with Crippen LogP contribution in [0.2, 0.25) is 0 Å². The van der Waals surface area contributed by atoms with Crippen LogP contribution in [0.3, 0.4) is 0 Å². The smallest absolute Gasteiger partial charge is 0.230 e. The molecule has 1 N–H and O–H groups in total. The van der Waals surface area contributed by atoms with E-state index in [0.29, 0.717) is 24.1 Å². The van der Waals surface area contributed by atoms with Crippen molar-refractivity contribution in [1.29, 1.82) is 0 Å². The molecule has 8 heteroatoms. The molecule has 4 rings (SSSR count). The van der Waals surface area contributed by atoms with E-state index >= 15 is 0 Å². The van der Waals surface area contributed by atoms with E-state index in [9.17, 15) is 4.79 Å². The van der Waals surface area contributed by atoms with E-state index in [1.165, 1.54) is 0 Å². The largest absolute Gasteiger partial charge is 0.368 e. The minimum absolute atomic E-state index is 0.103. The number of piperazine rings is 1. The van der Waals surface area contributed by atoms with Crippen LogP contribution in [-0.2, 0) is 4.79 Å². The Morgan fingerprint density at radius 3 is 2.64 bits per heavy atom. The Morgan fingerprint density at radius 2 is 1.93 bits per heavy atom. The summed E-state index contributed by atoms with van der Waals surface area (Å²) in [6.45, 7) is 6.51. The molecule has 146 valence electrons. The van der Waals surface area contributed by atoms with Gasteiger partial charge in [0, 0.05) is 44.1 Å². The Balaban J connectivity index is 1.45. The molecule has 0 bridgehead atoms. The van der Waals surface area contributed by atoms with Gasteiger partial charge in [-0.25, -0.2) is 9.97 Å². The maximum atomic E-state index is 11.8. The molecule has 0 amide bonds. The molecule has 0 aliphatic carbocycles. The van der Waals surface area contributed by atoms with Gasteiger partial charge in [-0.3, -0.25) is 4.79 Å². The Labute approximate surface area is 164 Å². The van der Waals surface area contributed by atoms with Crippen LogP contribution in [0.25, 0.3) is 0 Å². The number of ketones is 1. The minimum atomic E-state index is 0.103. The average Bonchev–Trinajstić information content (AvgIpc) is 3.10. The Kier molecular flexibility index (Phi) is 5.21. The first-order valence-electron chi connectivity index (χ1n) is 9.63. The first-order chi connectivity index (χ1) is 13.6. The van der Waals surface area contributed by atoms with Crippen LogP contribution in [-0.4, -0.2) is 65.4 Å². The molecule has 1 saturated heterocycles. The minimum Gasteiger partial charge on any atom is -0.368 e. The second kappa shape index (κ2) is 7.93. The average molecular weight is 379 g/mol. The lowest BCUT2D eigenvalue weighted by atomic mass is 10.3. The van der Waals surface area contributed by atoms with Crippen molar-refractivity contribution in [2.24, 2.45) is 0 Å². The van der Waals surface area contributed by atoms with E-state index in [2.05, 4.69) is 43.2 Å². The van der Waals surface area contributed by atoms with Crippen LogP contribution in [0.1, 0.15) is 13.3 Å². The predicted octanol–water partition coefficient (Wildman–Crippen LogP) is 2.05. The molecule has 0 unspecified atom stereocenters. The van der Waals surface area contributed by atoms with Crippen molar-refractivity contribution in [1.82, 2.24) is 19.9 Å². The van der Waals surface area contributed by atoms with Crippen molar-refractivity contribution in [3.8, 4) is 0 Å². The number of likely N-dealkylation sites (N-methyl/N-ethyl adjacent to an activating group) is 1.